The highest BCUT2D eigenvalue weighted by molar-refractivity contribution is 4.73. The largest absolute Gasteiger partial charge is 0.316 e. The minimum absolute atomic E-state index is 0.890. The highest BCUT2D eigenvalue weighted by atomic mass is 15.5. The van der Waals surface area contributed by atoms with Crippen LogP contribution in [-0.4, -0.2) is 33.3 Å². The zero-order chi connectivity index (χ0) is 8.23. The van der Waals surface area contributed by atoms with E-state index in [0.29, 0.717) is 0 Å². The van der Waals surface area contributed by atoms with Gasteiger partial charge in [0.1, 0.15) is 6.33 Å². The number of nitrogens with one attached hydrogen (secondary N) is 1. The van der Waals surface area contributed by atoms with Crippen molar-refractivity contribution in [2.45, 2.75) is 19.4 Å². The van der Waals surface area contributed by atoms with Gasteiger partial charge in [-0.2, -0.15) is 0 Å². The second-order valence-electron chi connectivity index (χ2n) is 3.24. The number of tetrazole rings is 1. The van der Waals surface area contributed by atoms with Crippen molar-refractivity contribution >= 4 is 0 Å². The molecule has 0 spiro atoms. The molecule has 1 aromatic rings. The quantitative estimate of drug-likeness (QED) is 0.667. The molecule has 0 aliphatic carbocycles. The van der Waals surface area contributed by atoms with Gasteiger partial charge in [-0.25, -0.2) is 4.68 Å². The Balaban J connectivity index is 1.62. The van der Waals surface area contributed by atoms with E-state index < -0.39 is 0 Å². The lowest BCUT2D eigenvalue weighted by molar-refractivity contribution is 0.311. The highest BCUT2D eigenvalue weighted by Gasteiger charge is 2.15. The Kier molecular flexibility index (Phi) is 2.31. The Bertz CT molecular complexity index is 216. The molecule has 5 nitrogen and oxygen atoms in total. The fraction of sp³-hybridized carbons (Fsp3) is 0.857. The first-order valence-corrected chi connectivity index (χ1v) is 4.36. The van der Waals surface area contributed by atoms with Crippen molar-refractivity contribution in [1.29, 1.82) is 0 Å². The molecule has 1 saturated heterocycles. The molecule has 0 unspecified atom stereocenters. The van der Waals surface area contributed by atoms with Crippen molar-refractivity contribution in [1.82, 2.24) is 25.5 Å². The van der Waals surface area contributed by atoms with Gasteiger partial charge in [-0.15, -0.1) is 5.10 Å². The van der Waals surface area contributed by atoms with E-state index in [9.17, 15) is 0 Å². The van der Waals surface area contributed by atoms with Crippen LogP contribution in [0.1, 0.15) is 12.8 Å². The van der Waals surface area contributed by atoms with Gasteiger partial charge in [0, 0.05) is 6.54 Å². The van der Waals surface area contributed by atoms with Crippen LogP contribution in [0.3, 0.4) is 0 Å². The summed E-state index contributed by atoms with van der Waals surface area (Å²) in [6.45, 7) is 3.33. The van der Waals surface area contributed by atoms with Crippen molar-refractivity contribution in [2.24, 2.45) is 5.92 Å². The first-order valence-electron chi connectivity index (χ1n) is 4.36. The van der Waals surface area contributed by atoms with Gasteiger partial charge in [-0.05, 0) is 42.3 Å². The molecular formula is C7H13N5. The smallest absolute Gasteiger partial charge is 0.138 e. The highest BCUT2D eigenvalue weighted by Crippen LogP contribution is 2.10. The standard InChI is InChI=1S/C7H13N5/c1(2-7-4-8-5-7)3-12-6-9-10-11-12/h6-8H,1-5H2. The van der Waals surface area contributed by atoms with Crippen molar-refractivity contribution in [3.63, 3.8) is 0 Å². The average molecular weight is 167 g/mol. The van der Waals surface area contributed by atoms with Crippen LogP contribution in [0.25, 0.3) is 0 Å². The summed E-state index contributed by atoms with van der Waals surface area (Å²) in [6.07, 6.45) is 4.13. The summed E-state index contributed by atoms with van der Waals surface area (Å²) in [5.74, 6) is 0.890. The van der Waals surface area contributed by atoms with E-state index in [1.54, 1.807) is 11.0 Å². The lowest BCUT2D eigenvalue weighted by Gasteiger charge is -2.26. The average Bonchev–Trinajstić information content (AvgIpc) is 2.46. The molecule has 1 aliphatic rings. The summed E-state index contributed by atoms with van der Waals surface area (Å²) in [6, 6.07) is 0. The Morgan fingerprint density at radius 3 is 3.00 bits per heavy atom. The molecule has 0 radical (unpaired) electrons. The van der Waals surface area contributed by atoms with E-state index in [1.807, 2.05) is 0 Å². The van der Waals surface area contributed by atoms with Crippen molar-refractivity contribution in [3.05, 3.63) is 6.33 Å². The van der Waals surface area contributed by atoms with E-state index in [0.717, 1.165) is 12.5 Å². The topological polar surface area (TPSA) is 55.6 Å². The van der Waals surface area contributed by atoms with E-state index in [-0.39, 0.29) is 0 Å². The summed E-state index contributed by atoms with van der Waals surface area (Å²) in [5.41, 5.74) is 0. The molecule has 0 aromatic carbocycles. The molecule has 1 N–H and O–H groups in total. The van der Waals surface area contributed by atoms with E-state index in [2.05, 4.69) is 20.8 Å². The number of hydrogen-bond donors (Lipinski definition) is 1. The molecule has 1 fully saturated rings. The minimum Gasteiger partial charge on any atom is -0.316 e. The third-order valence-electron chi connectivity index (χ3n) is 2.26. The first-order chi connectivity index (χ1) is 5.95. The molecular weight excluding hydrogens is 154 g/mol. The molecule has 1 aromatic heterocycles. The van der Waals surface area contributed by atoms with Crippen LogP contribution >= 0.6 is 0 Å². The molecule has 1 aliphatic heterocycles. The summed E-state index contributed by atoms with van der Waals surface area (Å²) in [5, 5.41) is 14.2. The monoisotopic (exact) mass is 167 g/mol. The zero-order valence-corrected chi connectivity index (χ0v) is 6.98. The van der Waals surface area contributed by atoms with Crippen LogP contribution < -0.4 is 5.32 Å². The lowest BCUT2D eigenvalue weighted by atomic mass is 9.98. The maximum atomic E-state index is 3.80. The van der Waals surface area contributed by atoms with Crippen molar-refractivity contribution < 1.29 is 0 Å². The zero-order valence-electron chi connectivity index (χ0n) is 6.98. The van der Waals surface area contributed by atoms with Crippen LogP contribution in [0, 0.1) is 5.92 Å². The van der Waals surface area contributed by atoms with Crippen LogP contribution in [0.4, 0.5) is 0 Å². The second-order valence-corrected chi connectivity index (χ2v) is 3.24. The summed E-state index contributed by atoms with van der Waals surface area (Å²) in [7, 11) is 0. The van der Waals surface area contributed by atoms with Crippen LogP contribution in [0.2, 0.25) is 0 Å². The Hall–Kier alpha value is -0.970. The normalized spacial score (nSPS) is 17.7. The first kappa shape index (κ1) is 7.67. The molecule has 2 rings (SSSR count). The van der Waals surface area contributed by atoms with Crippen molar-refractivity contribution in [3.8, 4) is 0 Å². The SMILES string of the molecule is c1nnnn1CCCC1CNC1. The van der Waals surface area contributed by atoms with Gasteiger partial charge in [0.2, 0.25) is 0 Å². The molecule has 2 heterocycles. The van der Waals surface area contributed by atoms with E-state index in [1.165, 1.54) is 25.9 Å². The third-order valence-corrected chi connectivity index (χ3v) is 2.26. The summed E-state index contributed by atoms with van der Waals surface area (Å²) in [4.78, 5) is 0. The molecule has 0 amide bonds. The van der Waals surface area contributed by atoms with E-state index in [4.69, 9.17) is 0 Å². The molecule has 0 saturated carbocycles. The fourth-order valence-electron chi connectivity index (χ4n) is 1.38. The van der Waals surface area contributed by atoms with Gasteiger partial charge in [0.25, 0.3) is 0 Å². The number of nitrogens with zero attached hydrogens (tertiary/aromatic N) is 4. The van der Waals surface area contributed by atoms with Gasteiger partial charge in [0.15, 0.2) is 0 Å². The van der Waals surface area contributed by atoms with Gasteiger partial charge in [-0.1, -0.05) is 0 Å². The predicted octanol–water partition coefficient (Wildman–Crippen LogP) is -0.327. The third kappa shape index (κ3) is 1.79. The van der Waals surface area contributed by atoms with Gasteiger partial charge in [0.05, 0.1) is 0 Å². The summed E-state index contributed by atoms with van der Waals surface area (Å²) < 4.78 is 1.78. The number of hydrogen-bond acceptors (Lipinski definition) is 4. The molecule has 0 atom stereocenters. The van der Waals surface area contributed by atoms with Crippen molar-refractivity contribution in [2.75, 3.05) is 13.1 Å². The summed E-state index contributed by atoms with van der Waals surface area (Å²) >= 11 is 0. The molecule has 12 heavy (non-hydrogen) atoms. The van der Waals surface area contributed by atoms with Gasteiger partial charge >= 0.3 is 0 Å². The number of aryl methyl sites for hydroxylation is 1. The maximum absolute atomic E-state index is 3.80. The minimum atomic E-state index is 0.890. The molecule has 66 valence electrons. The maximum Gasteiger partial charge on any atom is 0.138 e. The molecule has 5 heteroatoms. The van der Waals surface area contributed by atoms with Crippen LogP contribution in [-0.2, 0) is 6.54 Å². The fourth-order valence-corrected chi connectivity index (χ4v) is 1.38. The van der Waals surface area contributed by atoms with E-state index >= 15 is 0 Å². The Labute approximate surface area is 71.1 Å². The van der Waals surface area contributed by atoms with Crippen LogP contribution in [0.5, 0.6) is 0 Å². The Morgan fingerprint density at radius 1 is 1.50 bits per heavy atom. The van der Waals surface area contributed by atoms with Gasteiger partial charge in [-0.3, -0.25) is 0 Å². The second kappa shape index (κ2) is 3.62. The lowest BCUT2D eigenvalue weighted by Crippen LogP contribution is -2.41. The molecule has 0 bridgehead atoms. The Morgan fingerprint density at radius 2 is 2.42 bits per heavy atom. The van der Waals surface area contributed by atoms with Crippen LogP contribution in [0.15, 0.2) is 6.33 Å². The number of aromatic nitrogens is 4. The predicted molar refractivity (Wildman–Crippen MR) is 43.4 cm³/mol. The number of rotatable bonds is 4. The van der Waals surface area contributed by atoms with Gasteiger partial charge < -0.3 is 5.32 Å².